The van der Waals surface area contributed by atoms with Crippen LogP contribution >= 0.6 is 0 Å². The molecular formula is C15H18FN3O2. The van der Waals surface area contributed by atoms with Gasteiger partial charge in [-0.3, -0.25) is 14.5 Å². The molecule has 1 saturated heterocycles. The molecule has 21 heavy (non-hydrogen) atoms. The second-order valence-corrected chi connectivity index (χ2v) is 6.29. The smallest absolute Gasteiger partial charge is 0.296 e. The molecule has 0 atom stereocenters. The van der Waals surface area contributed by atoms with Crippen molar-refractivity contribution in [2.24, 2.45) is 0 Å². The molecule has 2 aliphatic heterocycles. The van der Waals surface area contributed by atoms with Gasteiger partial charge >= 0.3 is 0 Å². The number of halogens is 1. The van der Waals surface area contributed by atoms with E-state index < -0.39 is 17.5 Å². The number of rotatable bonds is 1. The molecule has 2 heterocycles. The van der Waals surface area contributed by atoms with E-state index in [1.807, 2.05) is 4.90 Å². The SMILES string of the molecule is CN1CCN(c2cc3c(cc2F)C(=O)C(=O)N3)CC1(C)C. The van der Waals surface area contributed by atoms with Crippen LogP contribution in [0.5, 0.6) is 0 Å². The summed E-state index contributed by atoms with van der Waals surface area (Å²) in [6.07, 6.45) is 0. The maximum Gasteiger partial charge on any atom is 0.296 e. The fourth-order valence-electron chi connectivity index (χ4n) is 2.84. The van der Waals surface area contributed by atoms with E-state index in [1.54, 1.807) is 6.07 Å². The summed E-state index contributed by atoms with van der Waals surface area (Å²) in [5, 5.41) is 2.49. The summed E-state index contributed by atoms with van der Waals surface area (Å²) in [5.41, 5.74) is 0.890. The minimum Gasteiger partial charge on any atom is -0.366 e. The molecule has 1 aromatic carbocycles. The number of nitrogens with zero attached hydrogens (tertiary/aromatic N) is 2. The van der Waals surface area contributed by atoms with Gasteiger partial charge in [0.05, 0.1) is 16.9 Å². The largest absolute Gasteiger partial charge is 0.366 e. The van der Waals surface area contributed by atoms with Crippen LogP contribution in [-0.4, -0.2) is 48.8 Å². The Balaban J connectivity index is 1.96. The molecule has 0 spiro atoms. The van der Waals surface area contributed by atoms with Crippen molar-refractivity contribution < 1.29 is 14.0 Å². The highest BCUT2D eigenvalue weighted by Crippen LogP contribution is 2.33. The second kappa shape index (κ2) is 4.53. The van der Waals surface area contributed by atoms with E-state index in [-0.39, 0.29) is 11.1 Å². The molecule has 112 valence electrons. The van der Waals surface area contributed by atoms with Gasteiger partial charge in [-0.05, 0) is 33.0 Å². The predicted octanol–water partition coefficient (Wildman–Crippen LogP) is 1.49. The Morgan fingerprint density at radius 1 is 1.24 bits per heavy atom. The number of fused-ring (bicyclic) bond motifs is 1. The molecule has 3 rings (SSSR count). The van der Waals surface area contributed by atoms with Gasteiger partial charge in [0.1, 0.15) is 5.82 Å². The molecule has 0 bridgehead atoms. The van der Waals surface area contributed by atoms with Gasteiger partial charge in [-0.25, -0.2) is 4.39 Å². The second-order valence-electron chi connectivity index (χ2n) is 6.29. The summed E-state index contributed by atoms with van der Waals surface area (Å²) >= 11 is 0. The summed E-state index contributed by atoms with van der Waals surface area (Å²) in [5.74, 6) is -1.83. The molecule has 1 N–H and O–H groups in total. The molecule has 6 heteroatoms. The first kappa shape index (κ1) is 14.0. The predicted molar refractivity (Wildman–Crippen MR) is 78.3 cm³/mol. The zero-order chi connectivity index (χ0) is 15.4. The number of likely N-dealkylation sites (N-methyl/N-ethyl adjacent to an activating group) is 1. The van der Waals surface area contributed by atoms with Gasteiger partial charge in [0.25, 0.3) is 11.7 Å². The van der Waals surface area contributed by atoms with Crippen molar-refractivity contribution in [3.63, 3.8) is 0 Å². The number of amides is 1. The van der Waals surface area contributed by atoms with Crippen LogP contribution in [0.4, 0.5) is 15.8 Å². The molecule has 0 saturated carbocycles. The maximum atomic E-state index is 14.3. The Bertz CT molecular complexity index is 642. The Hall–Kier alpha value is -1.95. The van der Waals surface area contributed by atoms with Crippen LogP contribution in [0.25, 0.3) is 0 Å². The third kappa shape index (κ3) is 2.19. The molecule has 0 aliphatic carbocycles. The highest BCUT2D eigenvalue weighted by molar-refractivity contribution is 6.51. The average molecular weight is 291 g/mol. The van der Waals surface area contributed by atoms with Gasteiger partial charge < -0.3 is 10.2 Å². The number of piperazine rings is 1. The Morgan fingerprint density at radius 2 is 1.95 bits per heavy atom. The molecule has 5 nitrogen and oxygen atoms in total. The minimum atomic E-state index is -0.694. The van der Waals surface area contributed by atoms with Crippen LogP contribution in [-0.2, 0) is 4.79 Å². The van der Waals surface area contributed by atoms with E-state index in [0.717, 1.165) is 12.6 Å². The number of anilines is 2. The summed E-state index contributed by atoms with van der Waals surface area (Å²) in [6.45, 7) is 6.43. The fraction of sp³-hybridized carbons (Fsp3) is 0.467. The van der Waals surface area contributed by atoms with Crippen molar-refractivity contribution in [2.45, 2.75) is 19.4 Å². The van der Waals surface area contributed by atoms with Gasteiger partial charge in [0, 0.05) is 25.2 Å². The van der Waals surface area contributed by atoms with E-state index in [2.05, 4.69) is 31.1 Å². The van der Waals surface area contributed by atoms with Gasteiger partial charge in [-0.15, -0.1) is 0 Å². The summed E-state index contributed by atoms with van der Waals surface area (Å²) in [4.78, 5) is 27.2. The van der Waals surface area contributed by atoms with Crippen LogP contribution in [0.3, 0.4) is 0 Å². The molecule has 1 aromatic rings. The fourth-order valence-corrected chi connectivity index (χ4v) is 2.84. The number of hydrogen-bond donors (Lipinski definition) is 1. The van der Waals surface area contributed by atoms with E-state index in [0.29, 0.717) is 24.5 Å². The monoisotopic (exact) mass is 291 g/mol. The van der Waals surface area contributed by atoms with Crippen molar-refractivity contribution in [3.8, 4) is 0 Å². The molecule has 0 radical (unpaired) electrons. The number of carbonyl (C=O) groups excluding carboxylic acids is 2. The van der Waals surface area contributed by atoms with Crippen molar-refractivity contribution in [2.75, 3.05) is 36.9 Å². The van der Waals surface area contributed by atoms with Gasteiger partial charge in [0.2, 0.25) is 0 Å². The number of carbonyl (C=O) groups is 2. The van der Waals surface area contributed by atoms with E-state index in [4.69, 9.17) is 0 Å². The topological polar surface area (TPSA) is 52.7 Å². The Labute approximate surface area is 122 Å². The molecular weight excluding hydrogens is 273 g/mol. The van der Waals surface area contributed by atoms with E-state index in [1.165, 1.54) is 0 Å². The lowest BCUT2D eigenvalue weighted by Crippen LogP contribution is -2.57. The number of ketones is 1. The van der Waals surface area contributed by atoms with Crippen molar-refractivity contribution >= 4 is 23.1 Å². The minimum absolute atomic E-state index is 0.0667. The first-order valence-corrected chi connectivity index (χ1v) is 6.95. The molecule has 1 amide bonds. The zero-order valence-electron chi connectivity index (χ0n) is 12.4. The van der Waals surface area contributed by atoms with Crippen molar-refractivity contribution in [1.29, 1.82) is 0 Å². The van der Waals surface area contributed by atoms with Crippen LogP contribution in [0.2, 0.25) is 0 Å². The molecule has 1 fully saturated rings. The quantitative estimate of drug-likeness (QED) is 0.797. The van der Waals surface area contributed by atoms with Crippen LogP contribution in [0.1, 0.15) is 24.2 Å². The normalized spacial score (nSPS) is 21.4. The standard InChI is InChI=1S/C15H18FN3O2/c1-15(2)8-19(5-4-18(15)3)12-7-11-9(6-10(12)16)13(20)14(21)17-11/h6-7H,4-5,8H2,1-3H3,(H,17,20,21). The third-order valence-electron chi connectivity index (χ3n) is 4.44. The Morgan fingerprint density at radius 3 is 2.62 bits per heavy atom. The average Bonchev–Trinajstić information content (AvgIpc) is 2.68. The maximum absolute atomic E-state index is 14.3. The number of Topliss-reactive ketones (excluding diaryl/α,β-unsaturated/α-hetero) is 1. The number of nitrogens with one attached hydrogen (secondary N) is 1. The number of benzene rings is 1. The van der Waals surface area contributed by atoms with E-state index >= 15 is 0 Å². The van der Waals surface area contributed by atoms with Crippen LogP contribution in [0.15, 0.2) is 12.1 Å². The van der Waals surface area contributed by atoms with Crippen molar-refractivity contribution in [1.82, 2.24) is 4.90 Å². The highest BCUT2D eigenvalue weighted by Gasteiger charge is 2.34. The van der Waals surface area contributed by atoms with E-state index in [9.17, 15) is 14.0 Å². The van der Waals surface area contributed by atoms with Crippen LogP contribution in [0, 0.1) is 5.82 Å². The molecule has 2 aliphatic rings. The summed E-state index contributed by atoms with van der Waals surface area (Å²) in [7, 11) is 2.05. The third-order valence-corrected chi connectivity index (χ3v) is 4.44. The summed E-state index contributed by atoms with van der Waals surface area (Å²) in [6, 6.07) is 2.73. The lowest BCUT2D eigenvalue weighted by Gasteiger charge is -2.46. The molecule has 0 unspecified atom stereocenters. The zero-order valence-corrected chi connectivity index (χ0v) is 12.4. The number of hydrogen-bond acceptors (Lipinski definition) is 4. The van der Waals surface area contributed by atoms with Crippen LogP contribution < -0.4 is 10.2 Å². The summed E-state index contributed by atoms with van der Waals surface area (Å²) < 4.78 is 14.3. The van der Waals surface area contributed by atoms with Gasteiger partial charge in [0.15, 0.2) is 0 Å². The van der Waals surface area contributed by atoms with Gasteiger partial charge in [-0.2, -0.15) is 0 Å². The first-order valence-electron chi connectivity index (χ1n) is 6.95. The highest BCUT2D eigenvalue weighted by atomic mass is 19.1. The first-order chi connectivity index (χ1) is 9.79. The van der Waals surface area contributed by atoms with Gasteiger partial charge in [-0.1, -0.05) is 0 Å². The Kier molecular flexibility index (Phi) is 3.02. The van der Waals surface area contributed by atoms with Crippen molar-refractivity contribution in [3.05, 3.63) is 23.5 Å². The molecule has 0 aromatic heterocycles. The lowest BCUT2D eigenvalue weighted by atomic mass is 9.99. The lowest BCUT2D eigenvalue weighted by molar-refractivity contribution is -0.112.